The molecular formula is C13H14ClNO2. The molecule has 0 aliphatic carbocycles. The minimum absolute atomic E-state index is 0.138. The van der Waals surface area contributed by atoms with Crippen LogP contribution >= 0.6 is 11.6 Å². The van der Waals surface area contributed by atoms with E-state index in [1.807, 2.05) is 26.0 Å². The zero-order valence-corrected chi connectivity index (χ0v) is 10.6. The van der Waals surface area contributed by atoms with Crippen LogP contribution in [0.4, 0.5) is 0 Å². The van der Waals surface area contributed by atoms with Gasteiger partial charge in [-0.15, -0.1) is 0 Å². The molecule has 1 heterocycles. The summed E-state index contributed by atoms with van der Waals surface area (Å²) in [4.78, 5) is 13.9. The lowest BCUT2D eigenvalue weighted by Gasteiger charge is -2.01. The van der Waals surface area contributed by atoms with Crippen LogP contribution in [-0.4, -0.2) is 16.1 Å². The van der Waals surface area contributed by atoms with Crippen molar-refractivity contribution in [1.29, 1.82) is 0 Å². The van der Waals surface area contributed by atoms with Crippen LogP contribution in [0.3, 0.4) is 0 Å². The SMILES string of the molecule is Cc1cc2[nH]c(C)c(CCC(=O)O)c2cc1Cl. The molecule has 0 bridgehead atoms. The van der Waals surface area contributed by atoms with Gasteiger partial charge in [-0.2, -0.15) is 0 Å². The van der Waals surface area contributed by atoms with E-state index in [9.17, 15) is 4.79 Å². The summed E-state index contributed by atoms with van der Waals surface area (Å²) in [7, 11) is 0. The van der Waals surface area contributed by atoms with Crippen LogP contribution in [0.5, 0.6) is 0 Å². The van der Waals surface area contributed by atoms with E-state index in [0.29, 0.717) is 11.4 Å². The van der Waals surface area contributed by atoms with E-state index < -0.39 is 5.97 Å². The maximum absolute atomic E-state index is 10.6. The summed E-state index contributed by atoms with van der Waals surface area (Å²) in [6.07, 6.45) is 0.667. The lowest BCUT2D eigenvalue weighted by atomic mass is 10.0. The quantitative estimate of drug-likeness (QED) is 0.878. The molecular weight excluding hydrogens is 238 g/mol. The topological polar surface area (TPSA) is 53.1 Å². The van der Waals surface area contributed by atoms with Gasteiger partial charge in [-0.1, -0.05) is 11.6 Å². The largest absolute Gasteiger partial charge is 0.481 e. The molecule has 0 unspecified atom stereocenters. The first kappa shape index (κ1) is 12.0. The molecule has 0 radical (unpaired) electrons. The first-order valence-electron chi connectivity index (χ1n) is 5.48. The van der Waals surface area contributed by atoms with Gasteiger partial charge in [0.2, 0.25) is 0 Å². The number of aryl methyl sites for hydroxylation is 3. The van der Waals surface area contributed by atoms with E-state index in [-0.39, 0.29) is 6.42 Å². The summed E-state index contributed by atoms with van der Waals surface area (Å²) in [6.45, 7) is 3.91. The van der Waals surface area contributed by atoms with Gasteiger partial charge in [-0.3, -0.25) is 4.79 Å². The van der Waals surface area contributed by atoms with Crippen LogP contribution < -0.4 is 0 Å². The van der Waals surface area contributed by atoms with Crippen molar-refractivity contribution in [2.24, 2.45) is 0 Å². The number of hydrogen-bond donors (Lipinski definition) is 2. The van der Waals surface area contributed by atoms with Gasteiger partial charge in [0, 0.05) is 28.0 Å². The molecule has 0 saturated carbocycles. The first-order valence-corrected chi connectivity index (χ1v) is 5.86. The maximum atomic E-state index is 10.6. The predicted octanol–water partition coefficient (Wildman–Crippen LogP) is 3.46. The predicted molar refractivity (Wildman–Crippen MR) is 68.7 cm³/mol. The number of benzene rings is 1. The molecule has 90 valence electrons. The van der Waals surface area contributed by atoms with Crippen LogP contribution in [0.2, 0.25) is 5.02 Å². The minimum atomic E-state index is -0.781. The Bertz CT molecular complexity index is 587. The van der Waals surface area contributed by atoms with Crippen LogP contribution in [-0.2, 0) is 11.2 Å². The van der Waals surface area contributed by atoms with Crippen molar-refractivity contribution in [2.45, 2.75) is 26.7 Å². The number of aromatic nitrogens is 1. The Hall–Kier alpha value is -1.48. The number of hydrogen-bond acceptors (Lipinski definition) is 1. The van der Waals surface area contributed by atoms with Gasteiger partial charge in [-0.25, -0.2) is 0 Å². The zero-order chi connectivity index (χ0) is 12.6. The summed E-state index contributed by atoms with van der Waals surface area (Å²) in [5.41, 5.74) is 4.10. The molecule has 4 heteroatoms. The van der Waals surface area contributed by atoms with Crippen molar-refractivity contribution in [1.82, 2.24) is 4.98 Å². The van der Waals surface area contributed by atoms with Crippen LogP contribution in [0.15, 0.2) is 12.1 Å². The maximum Gasteiger partial charge on any atom is 0.303 e. The fourth-order valence-corrected chi connectivity index (χ4v) is 2.23. The number of H-pyrrole nitrogens is 1. The number of nitrogens with one attached hydrogen (secondary N) is 1. The molecule has 0 amide bonds. The van der Waals surface area contributed by atoms with E-state index in [2.05, 4.69) is 4.98 Å². The summed E-state index contributed by atoms with van der Waals surface area (Å²) < 4.78 is 0. The summed E-state index contributed by atoms with van der Waals surface area (Å²) in [6, 6.07) is 3.90. The Morgan fingerprint density at radius 2 is 2.12 bits per heavy atom. The average molecular weight is 252 g/mol. The van der Waals surface area contributed by atoms with Gasteiger partial charge < -0.3 is 10.1 Å². The number of carboxylic acids is 1. The lowest BCUT2D eigenvalue weighted by Crippen LogP contribution is -1.98. The number of aliphatic carboxylic acids is 1. The second kappa shape index (κ2) is 4.41. The van der Waals surface area contributed by atoms with Gasteiger partial charge in [0.25, 0.3) is 0 Å². The van der Waals surface area contributed by atoms with E-state index >= 15 is 0 Å². The highest BCUT2D eigenvalue weighted by atomic mass is 35.5. The lowest BCUT2D eigenvalue weighted by molar-refractivity contribution is -0.136. The zero-order valence-electron chi connectivity index (χ0n) is 9.80. The van der Waals surface area contributed by atoms with E-state index in [0.717, 1.165) is 27.7 Å². The molecule has 17 heavy (non-hydrogen) atoms. The molecule has 0 atom stereocenters. The smallest absolute Gasteiger partial charge is 0.303 e. The van der Waals surface area contributed by atoms with Crippen molar-refractivity contribution < 1.29 is 9.90 Å². The van der Waals surface area contributed by atoms with Gasteiger partial charge >= 0.3 is 5.97 Å². The second-order valence-corrected chi connectivity index (χ2v) is 4.68. The number of fused-ring (bicyclic) bond motifs is 1. The normalized spacial score (nSPS) is 11.0. The highest BCUT2D eigenvalue weighted by molar-refractivity contribution is 6.32. The minimum Gasteiger partial charge on any atom is -0.481 e. The van der Waals surface area contributed by atoms with E-state index in [1.165, 1.54) is 0 Å². The molecule has 2 N–H and O–H groups in total. The molecule has 0 saturated heterocycles. The van der Waals surface area contributed by atoms with Crippen molar-refractivity contribution in [2.75, 3.05) is 0 Å². The Kier molecular flexibility index (Phi) is 3.11. The van der Waals surface area contributed by atoms with Crippen LogP contribution in [0, 0.1) is 13.8 Å². The molecule has 0 fully saturated rings. The third-order valence-corrected chi connectivity index (χ3v) is 3.39. The van der Waals surface area contributed by atoms with Crippen LogP contribution in [0.1, 0.15) is 23.2 Å². The Labute approximate surface area is 104 Å². The molecule has 2 aromatic rings. The number of halogens is 1. The monoisotopic (exact) mass is 251 g/mol. The summed E-state index contributed by atoms with van der Waals surface area (Å²) >= 11 is 6.10. The van der Waals surface area contributed by atoms with Crippen molar-refractivity contribution in [3.8, 4) is 0 Å². The standard InChI is InChI=1S/C13H14ClNO2/c1-7-5-12-10(6-11(7)14)9(8(2)15-12)3-4-13(16)17/h5-6,15H,3-4H2,1-2H3,(H,16,17). The number of rotatable bonds is 3. The van der Waals surface area contributed by atoms with Gasteiger partial charge in [-0.05, 0) is 43.5 Å². The third-order valence-electron chi connectivity index (χ3n) is 2.99. The Balaban J connectivity index is 2.50. The van der Waals surface area contributed by atoms with Gasteiger partial charge in [0.05, 0.1) is 0 Å². The highest BCUT2D eigenvalue weighted by Gasteiger charge is 2.11. The van der Waals surface area contributed by atoms with E-state index in [4.69, 9.17) is 16.7 Å². The fraction of sp³-hybridized carbons (Fsp3) is 0.308. The molecule has 2 rings (SSSR count). The number of aromatic amines is 1. The van der Waals surface area contributed by atoms with Gasteiger partial charge in [0.15, 0.2) is 0 Å². The Morgan fingerprint density at radius 1 is 1.41 bits per heavy atom. The molecule has 0 spiro atoms. The van der Waals surface area contributed by atoms with Crippen molar-refractivity contribution in [3.05, 3.63) is 34.0 Å². The highest BCUT2D eigenvalue weighted by Crippen LogP contribution is 2.28. The van der Waals surface area contributed by atoms with E-state index in [1.54, 1.807) is 0 Å². The summed E-state index contributed by atoms with van der Waals surface area (Å²) in [5, 5.41) is 10.5. The third kappa shape index (κ3) is 2.29. The molecule has 0 aliphatic heterocycles. The number of carbonyl (C=O) groups is 1. The van der Waals surface area contributed by atoms with Gasteiger partial charge in [0.1, 0.15) is 0 Å². The molecule has 3 nitrogen and oxygen atoms in total. The molecule has 1 aromatic carbocycles. The Morgan fingerprint density at radius 3 is 2.76 bits per heavy atom. The molecule has 1 aromatic heterocycles. The molecule has 0 aliphatic rings. The number of carboxylic acid groups (broad SMARTS) is 1. The fourth-order valence-electron chi connectivity index (χ4n) is 2.07. The average Bonchev–Trinajstić information content (AvgIpc) is 2.52. The van der Waals surface area contributed by atoms with Crippen molar-refractivity contribution >= 4 is 28.5 Å². The van der Waals surface area contributed by atoms with Crippen molar-refractivity contribution in [3.63, 3.8) is 0 Å². The first-order chi connectivity index (χ1) is 7.99. The van der Waals surface area contributed by atoms with Crippen LogP contribution in [0.25, 0.3) is 10.9 Å². The second-order valence-electron chi connectivity index (χ2n) is 4.27. The summed E-state index contributed by atoms with van der Waals surface area (Å²) in [5.74, 6) is -0.781.